The maximum Gasteiger partial charge on any atom is 0.235 e. The second-order valence-corrected chi connectivity index (χ2v) is 4.21. The van der Waals surface area contributed by atoms with E-state index in [-0.39, 0.29) is 0 Å². The van der Waals surface area contributed by atoms with Crippen LogP contribution in [0.15, 0.2) is 23.2 Å². The van der Waals surface area contributed by atoms with Gasteiger partial charge in [-0.3, -0.25) is 0 Å². The van der Waals surface area contributed by atoms with Crippen LogP contribution in [-0.4, -0.2) is 13.2 Å². The highest BCUT2D eigenvalue weighted by molar-refractivity contribution is 5.47. The molecule has 0 aromatic heterocycles. The summed E-state index contributed by atoms with van der Waals surface area (Å²) in [5, 5.41) is 0. The van der Waals surface area contributed by atoms with Crippen LogP contribution in [0, 0.1) is 0 Å². The minimum Gasteiger partial charge on any atom is -0.496 e. The average Bonchev–Trinajstić information content (AvgIpc) is 2.32. The van der Waals surface area contributed by atoms with Crippen LogP contribution in [0.25, 0.3) is 0 Å². The number of ether oxygens (including phenoxy) is 1. The first-order chi connectivity index (χ1) is 8.27. The fourth-order valence-corrected chi connectivity index (χ4v) is 2.37. The van der Waals surface area contributed by atoms with Crippen molar-refractivity contribution >= 4 is 6.08 Å². The van der Waals surface area contributed by atoms with Crippen molar-refractivity contribution in [2.45, 2.75) is 31.5 Å². The van der Waals surface area contributed by atoms with Crippen LogP contribution in [-0.2, 0) is 17.0 Å². The van der Waals surface area contributed by atoms with Crippen LogP contribution in [0.2, 0.25) is 0 Å². The fourth-order valence-electron chi connectivity index (χ4n) is 2.37. The van der Waals surface area contributed by atoms with Gasteiger partial charge in [0.25, 0.3) is 0 Å². The van der Waals surface area contributed by atoms with Gasteiger partial charge in [0, 0.05) is 5.56 Å². The van der Waals surface area contributed by atoms with Crippen LogP contribution >= 0.6 is 0 Å². The minimum atomic E-state index is -0.616. The Hall–Kier alpha value is -1.67. The van der Waals surface area contributed by atoms with Crippen molar-refractivity contribution in [3.05, 3.63) is 29.3 Å². The number of nitrogens with zero attached hydrogens (tertiary/aromatic N) is 1. The van der Waals surface area contributed by atoms with Gasteiger partial charge in [0.05, 0.1) is 12.6 Å². The van der Waals surface area contributed by atoms with Gasteiger partial charge in [0.15, 0.2) is 0 Å². The summed E-state index contributed by atoms with van der Waals surface area (Å²) in [5.74, 6) is 0.511. The number of halogens is 1. The number of benzene rings is 1. The smallest absolute Gasteiger partial charge is 0.235 e. The van der Waals surface area contributed by atoms with Crippen molar-refractivity contribution < 1.29 is 13.9 Å². The maximum absolute atomic E-state index is 13.1. The number of hydrogen-bond acceptors (Lipinski definition) is 3. The van der Waals surface area contributed by atoms with Gasteiger partial charge in [-0.1, -0.05) is 12.1 Å². The fraction of sp³-hybridized carbons (Fsp3) is 0.462. The van der Waals surface area contributed by atoms with Crippen molar-refractivity contribution in [3.63, 3.8) is 0 Å². The van der Waals surface area contributed by atoms with Gasteiger partial charge in [0.1, 0.15) is 12.4 Å². The van der Waals surface area contributed by atoms with E-state index in [2.05, 4.69) is 4.99 Å². The SMILES string of the molecule is COc1cccc(C2(N=C=O)CCC2)c1CF. The molecule has 90 valence electrons. The van der Waals surface area contributed by atoms with Crippen molar-refractivity contribution in [2.75, 3.05) is 7.11 Å². The molecule has 0 amide bonds. The molecule has 0 N–H and O–H groups in total. The first-order valence-corrected chi connectivity index (χ1v) is 5.59. The summed E-state index contributed by atoms with van der Waals surface area (Å²) in [6.45, 7) is -0.616. The van der Waals surface area contributed by atoms with E-state index in [1.54, 1.807) is 18.2 Å². The molecule has 1 aliphatic rings. The van der Waals surface area contributed by atoms with Gasteiger partial charge < -0.3 is 4.74 Å². The zero-order chi connectivity index (χ0) is 12.3. The third kappa shape index (κ3) is 1.85. The number of alkyl halides is 1. The minimum absolute atomic E-state index is 0.494. The lowest BCUT2D eigenvalue weighted by atomic mass is 9.71. The zero-order valence-electron chi connectivity index (χ0n) is 9.70. The van der Waals surface area contributed by atoms with Gasteiger partial charge >= 0.3 is 0 Å². The molecule has 2 rings (SSSR count). The van der Waals surface area contributed by atoms with E-state index >= 15 is 0 Å². The van der Waals surface area contributed by atoms with Crippen LogP contribution in [0.4, 0.5) is 4.39 Å². The standard InChI is InChI=1S/C13H14FNO2/c1-17-12-5-2-4-11(10(12)8-14)13(15-9-16)6-3-7-13/h2,4-5H,3,6-8H2,1H3. The first-order valence-electron chi connectivity index (χ1n) is 5.59. The Labute approximate surface area is 99.3 Å². The molecule has 0 saturated heterocycles. The summed E-state index contributed by atoms with van der Waals surface area (Å²) in [6.07, 6.45) is 4.14. The highest BCUT2D eigenvalue weighted by Gasteiger charge is 2.40. The second-order valence-electron chi connectivity index (χ2n) is 4.21. The normalized spacial score (nSPS) is 16.8. The van der Waals surface area contributed by atoms with E-state index in [0.29, 0.717) is 11.3 Å². The lowest BCUT2D eigenvalue weighted by Gasteiger charge is -2.38. The Morgan fingerprint density at radius 2 is 2.29 bits per heavy atom. The monoisotopic (exact) mass is 235 g/mol. The van der Waals surface area contributed by atoms with Gasteiger partial charge in [-0.2, -0.15) is 4.99 Å². The Balaban J connectivity index is 2.54. The van der Waals surface area contributed by atoms with Gasteiger partial charge in [-0.05, 0) is 30.9 Å². The molecule has 1 aromatic carbocycles. The maximum atomic E-state index is 13.1. The van der Waals surface area contributed by atoms with E-state index in [0.717, 1.165) is 24.8 Å². The van der Waals surface area contributed by atoms with Crippen LogP contribution < -0.4 is 4.74 Å². The lowest BCUT2D eigenvalue weighted by Crippen LogP contribution is -2.33. The Morgan fingerprint density at radius 3 is 2.76 bits per heavy atom. The summed E-state index contributed by atoms with van der Waals surface area (Å²) in [7, 11) is 1.51. The highest BCUT2D eigenvalue weighted by Crippen LogP contribution is 2.47. The third-order valence-electron chi connectivity index (χ3n) is 3.43. The molecule has 0 unspecified atom stereocenters. The molecule has 3 nitrogen and oxygen atoms in total. The van der Waals surface area contributed by atoms with Crippen molar-refractivity contribution in [3.8, 4) is 5.75 Å². The highest BCUT2D eigenvalue weighted by atomic mass is 19.1. The summed E-state index contributed by atoms with van der Waals surface area (Å²) in [5.41, 5.74) is 0.681. The van der Waals surface area contributed by atoms with E-state index in [4.69, 9.17) is 4.74 Å². The molecule has 0 spiro atoms. The summed E-state index contributed by atoms with van der Waals surface area (Å²) in [6, 6.07) is 5.33. The van der Waals surface area contributed by atoms with E-state index in [1.165, 1.54) is 7.11 Å². The first kappa shape index (κ1) is 11.8. The van der Waals surface area contributed by atoms with Crippen LogP contribution in [0.1, 0.15) is 30.4 Å². The number of isocyanates is 1. The van der Waals surface area contributed by atoms with E-state index in [1.807, 2.05) is 6.07 Å². The largest absolute Gasteiger partial charge is 0.496 e. The molecule has 1 fully saturated rings. The number of hydrogen-bond donors (Lipinski definition) is 0. The topological polar surface area (TPSA) is 38.7 Å². The van der Waals surface area contributed by atoms with Gasteiger partial charge in [0.2, 0.25) is 6.08 Å². The summed E-state index contributed by atoms with van der Waals surface area (Å²) in [4.78, 5) is 14.4. The molecule has 0 radical (unpaired) electrons. The number of carbonyl (C=O) groups excluding carboxylic acids is 1. The second kappa shape index (κ2) is 4.68. The predicted octanol–water partition coefficient (Wildman–Crippen LogP) is 2.88. The zero-order valence-corrected chi connectivity index (χ0v) is 9.70. The van der Waals surface area contributed by atoms with Crippen LogP contribution in [0.3, 0.4) is 0 Å². The third-order valence-corrected chi connectivity index (χ3v) is 3.43. The molecule has 0 atom stereocenters. The molecule has 17 heavy (non-hydrogen) atoms. The molecule has 1 aliphatic carbocycles. The number of aliphatic imine (C=N–C) groups is 1. The van der Waals surface area contributed by atoms with Gasteiger partial charge in [-0.25, -0.2) is 9.18 Å². The number of rotatable bonds is 4. The van der Waals surface area contributed by atoms with Crippen molar-refractivity contribution in [2.24, 2.45) is 4.99 Å². The molecule has 1 saturated carbocycles. The summed E-state index contributed by atoms with van der Waals surface area (Å²) >= 11 is 0. The van der Waals surface area contributed by atoms with Crippen molar-refractivity contribution in [1.82, 2.24) is 0 Å². The predicted molar refractivity (Wildman–Crippen MR) is 61.5 cm³/mol. The van der Waals surface area contributed by atoms with E-state index in [9.17, 15) is 9.18 Å². The van der Waals surface area contributed by atoms with E-state index < -0.39 is 12.2 Å². The molecule has 0 aliphatic heterocycles. The molecular weight excluding hydrogens is 221 g/mol. The van der Waals surface area contributed by atoms with Gasteiger partial charge in [-0.15, -0.1) is 0 Å². The quantitative estimate of drug-likeness (QED) is 0.594. The Morgan fingerprint density at radius 1 is 1.53 bits per heavy atom. The molecule has 1 aromatic rings. The Bertz CT molecular complexity index is 462. The Kier molecular flexibility index (Phi) is 3.25. The van der Waals surface area contributed by atoms with Crippen molar-refractivity contribution in [1.29, 1.82) is 0 Å². The average molecular weight is 235 g/mol. The summed E-state index contributed by atoms with van der Waals surface area (Å²) < 4.78 is 18.3. The van der Waals surface area contributed by atoms with Crippen LogP contribution in [0.5, 0.6) is 5.75 Å². The molecule has 4 heteroatoms. The number of methoxy groups -OCH3 is 1. The molecular formula is C13H14FNO2. The lowest BCUT2D eigenvalue weighted by molar-refractivity contribution is 0.250. The molecule has 0 heterocycles. The molecule has 0 bridgehead atoms.